The number of carbonyl (C=O) groups excluding carboxylic acids is 3. The first-order chi connectivity index (χ1) is 19.2. The summed E-state index contributed by atoms with van der Waals surface area (Å²) < 4.78 is 0. The molecule has 1 aliphatic heterocycles. The maximum absolute atomic E-state index is 13.3. The summed E-state index contributed by atoms with van der Waals surface area (Å²) in [6.07, 6.45) is 5.50. The van der Waals surface area contributed by atoms with Crippen LogP contribution in [0.15, 0.2) is 30.3 Å². The van der Waals surface area contributed by atoms with Crippen LogP contribution in [0.5, 0.6) is 0 Å². The second-order valence-corrected chi connectivity index (χ2v) is 11.7. The molecule has 3 rings (SSSR count). The highest BCUT2D eigenvalue weighted by Crippen LogP contribution is 2.23. The molecule has 1 saturated heterocycles. The summed E-state index contributed by atoms with van der Waals surface area (Å²) in [5, 5.41) is 17.1. The largest absolute Gasteiger partial charge is 0.480 e. The van der Waals surface area contributed by atoms with E-state index in [0.29, 0.717) is 19.4 Å². The van der Waals surface area contributed by atoms with Gasteiger partial charge < -0.3 is 15.7 Å². The first-order valence-electron chi connectivity index (χ1n) is 14.2. The van der Waals surface area contributed by atoms with E-state index in [1.165, 1.54) is 10.6 Å². The average molecular weight is 566 g/mol. The van der Waals surface area contributed by atoms with Crippen LogP contribution in [0.25, 0.3) is 17.0 Å². The van der Waals surface area contributed by atoms with E-state index in [2.05, 4.69) is 36.0 Å². The molecule has 1 aliphatic rings. The van der Waals surface area contributed by atoms with Crippen molar-refractivity contribution in [2.75, 3.05) is 6.54 Å². The Morgan fingerprint density at radius 3 is 2.51 bits per heavy atom. The number of aryl methyl sites for hydroxylation is 2. The van der Waals surface area contributed by atoms with Gasteiger partial charge >= 0.3 is 5.97 Å². The molecule has 0 saturated carbocycles. The van der Waals surface area contributed by atoms with Crippen molar-refractivity contribution in [3.8, 4) is 0 Å². The monoisotopic (exact) mass is 565 g/mol. The van der Waals surface area contributed by atoms with Gasteiger partial charge in [-0.3, -0.25) is 29.2 Å². The van der Waals surface area contributed by atoms with Crippen LogP contribution in [0.1, 0.15) is 71.2 Å². The van der Waals surface area contributed by atoms with Gasteiger partial charge in [0, 0.05) is 17.6 Å². The lowest BCUT2D eigenvalue weighted by molar-refractivity contribution is -0.148. The number of aliphatic carboxylic acids is 1. The molecule has 41 heavy (non-hydrogen) atoms. The molecule has 1 aromatic carbocycles. The van der Waals surface area contributed by atoms with Gasteiger partial charge in [0.2, 0.25) is 11.8 Å². The predicted molar refractivity (Wildman–Crippen MR) is 159 cm³/mol. The number of nitrogens with zero attached hydrogens (tertiary/aromatic N) is 2. The molecule has 0 spiro atoms. The quantitative estimate of drug-likeness (QED) is 0.346. The summed E-state index contributed by atoms with van der Waals surface area (Å²) in [5.41, 5.74) is 5.82. The highest BCUT2D eigenvalue weighted by atomic mass is 16.4. The number of fused-ring (bicyclic) bond motifs is 1. The molecule has 2 heterocycles. The Kier molecular flexibility index (Phi) is 10.3. The highest BCUT2D eigenvalue weighted by molar-refractivity contribution is 5.94. The van der Waals surface area contributed by atoms with Gasteiger partial charge in [-0.2, -0.15) is 0 Å². The second-order valence-electron chi connectivity index (χ2n) is 11.7. The highest BCUT2D eigenvalue weighted by Gasteiger charge is 2.34. The van der Waals surface area contributed by atoms with E-state index in [-0.39, 0.29) is 11.8 Å². The van der Waals surface area contributed by atoms with Crippen molar-refractivity contribution in [1.82, 2.24) is 26.1 Å². The van der Waals surface area contributed by atoms with Crippen molar-refractivity contribution in [2.45, 2.75) is 85.9 Å². The first kappa shape index (κ1) is 31.7. The summed E-state index contributed by atoms with van der Waals surface area (Å²) in [6, 6.07) is 5.50. The van der Waals surface area contributed by atoms with E-state index < -0.39 is 41.3 Å². The molecule has 10 heteroatoms. The fourth-order valence-electron chi connectivity index (χ4n) is 4.76. The van der Waals surface area contributed by atoms with Crippen LogP contribution in [-0.4, -0.2) is 63.5 Å². The summed E-state index contributed by atoms with van der Waals surface area (Å²) >= 11 is 0. The van der Waals surface area contributed by atoms with Crippen LogP contribution >= 0.6 is 0 Å². The standard InChI is InChI=1S/C31H43N5O5/c1-8-23-19(4)16-22-12-11-21(17-25(22)33-23)13-14-31(6,7)30(41)34-26(18(2)3)27(37)32-20(5)28(38)36-15-9-10-24(35-36)29(39)40/h11-14,16-18,20,24,26,35H,8-10,15H2,1-7H3,(H,32,37)(H,34,41)(H,39,40)/b14-13+. The number of amides is 3. The topological polar surface area (TPSA) is 141 Å². The van der Waals surface area contributed by atoms with Crippen molar-refractivity contribution in [2.24, 2.45) is 11.3 Å². The third-order valence-corrected chi connectivity index (χ3v) is 7.46. The number of carbonyl (C=O) groups is 4. The van der Waals surface area contributed by atoms with E-state index >= 15 is 0 Å². The van der Waals surface area contributed by atoms with Gasteiger partial charge in [0.1, 0.15) is 18.1 Å². The van der Waals surface area contributed by atoms with Gasteiger partial charge in [0.05, 0.1) is 10.9 Å². The average Bonchev–Trinajstić information content (AvgIpc) is 2.93. The van der Waals surface area contributed by atoms with Crippen LogP contribution in [0.4, 0.5) is 0 Å². The van der Waals surface area contributed by atoms with Crippen molar-refractivity contribution in [3.05, 3.63) is 47.2 Å². The molecule has 222 valence electrons. The SMILES string of the molecule is CCc1nc2cc(/C=C/C(C)(C)C(=O)NC(C(=O)NC(C)C(=O)N3CCCC(C(=O)O)N3)C(C)C)ccc2cc1C. The molecule has 0 radical (unpaired) electrons. The van der Waals surface area contributed by atoms with Crippen LogP contribution in [0, 0.1) is 18.3 Å². The fraction of sp³-hybridized carbons (Fsp3) is 0.516. The second kappa shape index (κ2) is 13.2. The number of aromatic nitrogens is 1. The van der Waals surface area contributed by atoms with Crippen LogP contribution in [0.3, 0.4) is 0 Å². The van der Waals surface area contributed by atoms with Gasteiger partial charge in [0.15, 0.2) is 0 Å². The molecule has 1 fully saturated rings. The zero-order chi connectivity index (χ0) is 30.5. The summed E-state index contributed by atoms with van der Waals surface area (Å²) in [4.78, 5) is 55.4. The molecule has 1 aromatic heterocycles. The molecule has 4 N–H and O–H groups in total. The van der Waals surface area contributed by atoms with Crippen LogP contribution < -0.4 is 16.1 Å². The van der Waals surface area contributed by atoms with Crippen LogP contribution in [0.2, 0.25) is 0 Å². The Hall–Kier alpha value is -3.79. The number of benzene rings is 1. The smallest absolute Gasteiger partial charge is 0.322 e. The van der Waals surface area contributed by atoms with Gasteiger partial charge in [-0.05, 0) is 76.1 Å². The van der Waals surface area contributed by atoms with Gasteiger partial charge in [0.25, 0.3) is 5.91 Å². The lowest BCUT2D eigenvalue weighted by Gasteiger charge is -2.34. The number of hydrogen-bond acceptors (Lipinski definition) is 6. The van der Waals surface area contributed by atoms with Crippen molar-refractivity contribution >= 4 is 40.7 Å². The number of nitrogens with one attached hydrogen (secondary N) is 3. The van der Waals surface area contributed by atoms with Gasteiger partial charge in [-0.1, -0.05) is 45.1 Å². The van der Waals surface area contributed by atoms with E-state index in [1.807, 2.05) is 38.1 Å². The Morgan fingerprint density at radius 2 is 1.88 bits per heavy atom. The number of hydrogen-bond donors (Lipinski definition) is 4. The maximum Gasteiger partial charge on any atom is 0.322 e. The maximum atomic E-state index is 13.3. The number of hydrazine groups is 1. The Labute approximate surface area is 241 Å². The molecule has 3 unspecified atom stereocenters. The zero-order valence-electron chi connectivity index (χ0n) is 25.1. The third-order valence-electron chi connectivity index (χ3n) is 7.46. The molecule has 3 atom stereocenters. The molecular weight excluding hydrogens is 522 g/mol. The lowest BCUT2D eigenvalue weighted by atomic mass is 9.89. The normalized spacial score (nSPS) is 17.5. The first-order valence-corrected chi connectivity index (χ1v) is 14.2. The summed E-state index contributed by atoms with van der Waals surface area (Å²) in [6.45, 7) is 13.2. The van der Waals surface area contributed by atoms with Crippen LogP contribution in [-0.2, 0) is 25.6 Å². The molecule has 3 amide bonds. The summed E-state index contributed by atoms with van der Waals surface area (Å²) in [7, 11) is 0. The van der Waals surface area contributed by atoms with Crippen molar-refractivity contribution in [1.29, 1.82) is 0 Å². The Morgan fingerprint density at radius 1 is 1.17 bits per heavy atom. The van der Waals surface area contributed by atoms with Gasteiger partial charge in [-0.25, -0.2) is 5.43 Å². The number of carboxylic acid groups (broad SMARTS) is 1. The number of pyridine rings is 1. The number of carboxylic acids is 1. The van der Waals surface area contributed by atoms with Gasteiger partial charge in [-0.15, -0.1) is 0 Å². The minimum absolute atomic E-state index is 0.242. The van der Waals surface area contributed by atoms with E-state index in [1.54, 1.807) is 26.8 Å². The molecular formula is C31H43N5O5. The Bertz CT molecular complexity index is 1340. The van der Waals surface area contributed by atoms with E-state index in [0.717, 1.165) is 28.6 Å². The molecule has 2 aromatic rings. The minimum atomic E-state index is -1.03. The molecule has 10 nitrogen and oxygen atoms in total. The third kappa shape index (κ3) is 7.91. The minimum Gasteiger partial charge on any atom is -0.480 e. The van der Waals surface area contributed by atoms with E-state index in [9.17, 15) is 24.3 Å². The van der Waals surface area contributed by atoms with Crippen molar-refractivity contribution in [3.63, 3.8) is 0 Å². The molecule has 0 bridgehead atoms. The van der Waals surface area contributed by atoms with E-state index in [4.69, 9.17) is 4.98 Å². The Balaban J connectivity index is 1.66. The fourth-order valence-corrected chi connectivity index (χ4v) is 4.76. The zero-order valence-corrected chi connectivity index (χ0v) is 25.1. The summed E-state index contributed by atoms with van der Waals surface area (Å²) in [5.74, 6) is -2.52. The number of rotatable bonds is 10. The molecule has 0 aliphatic carbocycles. The van der Waals surface area contributed by atoms with Crippen molar-refractivity contribution < 1.29 is 24.3 Å². The predicted octanol–water partition coefficient (Wildman–Crippen LogP) is 3.37. The lowest BCUT2D eigenvalue weighted by Crippen LogP contribution is -2.61.